The number of carbonyl (C=O) groups excluding carboxylic acids is 2. The quantitative estimate of drug-likeness (QED) is 0.242. The van der Waals surface area contributed by atoms with Gasteiger partial charge in [0, 0.05) is 53.9 Å². The second kappa shape index (κ2) is 14.9. The van der Waals surface area contributed by atoms with Gasteiger partial charge >= 0.3 is 0 Å². The Morgan fingerprint density at radius 3 is 1.49 bits per heavy atom. The summed E-state index contributed by atoms with van der Waals surface area (Å²) in [5.74, 6) is -0.822. The molecule has 2 amide bonds. The average molecular weight is 754 g/mol. The van der Waals surface area contributed by atoms with E-state index in [1.807, 2.05) is 27.7 Å². The van der Waals surface area contributed by atoms with Crippen LogP contribution < -0.4 is 10.6 Å². The highest BCUT2D eigenvalue weighted by Crippen LogP contribution is 2.28. The highest BCUT2D eigenvalue weighted by Gasteiger charge is 2.33. The molecule has 2 aliphatic heterocycles. The molecule has 1 aromatic heterocycles. The fraction of sp³-hybridized carbons (Fsp3) is 0.343. The van der Waals surface area contributed by atoms with Crippen molar-refractivity contribution < 1.29 is 35.9 Å². The van der Waals surface area contributed by atoms with Gasteiger partial charge in [-0.1, -0.05) is 12.1 Å². The van der Waals surface area contributed by atoms with Gasteiger partial charge in [0.15, 0.2) is 5.13 Å². The normalized spacial score (nSPS) is 22.0. The van der Waals surface area contributed by atoms with Gasteiger partial charge in [-0.05, 0) is 88.4 Å². The number of ether oxygens (including phenoxy) is 2. The number of nitrogens with zero attached hydrogens (tertiary/aromatic N) is 3. The average Bonchev–Trinajstić information content (AvgIpc) is 3.56. The fourth-order valence-electron chi connectivity index (χ4n) is 6.07. The minimum atomic E-state index is -3.73. The smallest absolute Gasteiger partial charge is 0.257 e. The Hall–Kier alpha value is -4.03. The molecule has 0 aliphatic carbocycles. The van der Waals surface area contributed by atoms with E-state index in [2.05, 4.69) is 15.6 Å². The van der Waals surface area contributed by atoms with Crippen molar-refractivity contribution in [2.75, 3.05) is 36.8 Å². The molecule has 0 saturated carbocycles. The van der Waals surface area contributed by atoms with Gasteiger partial charge < -0.3 is 14.8 Å². The zero-order valence-corrected chi connectivity index (χ0v) is 30.9. The fourth-order valence-corrected chi connectivity index (χ4v) is 9.97. The summed E-state index contributed by atoms with van der Waals surface area (Å²) in [4.78, 5) is 30.6. The van der Waals surface area contributed by atoms with Crippen molar-refractivity contribution in [1.29, 1.82) is 0 Å². The number of thiazole rings is 1. The molecule has 0 bridgehead atoms. The molecule has 4 aromatic rings. The van der Waals surface area contributed by atoms with Gasteiger partial charge in [-0.15, -0.1) is 11.3 Å². The molecule has 2 N–H and O–H groups in total. The van der Waals surface area contributed by atoms with Crippen LogP contribution in [0.2, 0.25) is 0 Å². The monoisotopic (exact) mass is 753 g/mol. The van der Waals surface area contributed by atoms with Crippen LogP contribution in [-0.2, 0) is 29.5 Å². The van der Waals surface area contributed by atoms with E-state index in [4.69, 9.17) is 9.47 Å². The molecule has 6 rings (SSSR count). The number of carbonyl (C=O) groups is 2. The number of morpholine rings is 2. The Labute approximate surface area is 301 Å². The van der Waals surface area contributed by atoms with Crippen LogP contribution in [-0.4, -0.2) is 92.8 Å². The van der Waals surface area contributed by atoms with Crippen LogP contribution in [0.3, 0.4) is 0 Å². The van der Waals surface area contributed by atoms with E-state index in [1.165, 1.54) is 68.5 Å². The molecule has 3 aromatic carbocycles. The first kappa shape index (κ1) is 36.8. The largest absolute Gasteiger partial charge is 0.373 e. The molecule has 3 heterocycles. The van der Waals surface area contributed by atoms with Crippen LogP contribution >= 0.6 is 11.3 Å². The summed E-state index contributed by atoms with van der Waals surface area (Å²) >= 11 is 1.24. The van der Waals surface area contributed by atoms with Gasteiger partial charge in [0.25, 0.3) is 11.8 Å². The molecule has 2 saturated heterocycles. The Morgan fingerprint density at radius 2 is 1.06 bits per heavy atom. The van der Waals surface area contributed by atoms with E-state index < -0.39 is 31.9 Å². The van der Waals surface area contributed by atoms with E-state index in [0.717, 1.165) is 5.56 Å². The van der Waals surface area contributed by atoms with Gasteiger partial charge in [0.1, 0.15) is 0 Å². The predicted octanol–water partition coefficient (Wildman–Crippen LogP) is 4.91. The zero-order valence-electron chi connectivity index (χ0n) is 28.5. The lowest BCUT2D eigenvalue weighted by Crippen LogP contribution is -2.48. The van der Waals surface area contributed by atoms with Crippen LogP contribution in [0, 0.1) is 0 Å². The van der Waals surface area contributed by atoms with Gasteiger partial charge in [-0.2, -0.15) is 8.61 Å². The molecule has 270 valence electrons. The Bertz CT molecular complexity index is 2090. The molecular weight excluding hydrogens is 715 g/mol. The summed E-state index contributed by atoms with van der Waals surface area (Å²) in [5, 5.41) is 7.73. The maximum atomic E-state index is 13.1. The SMILES string of the molecule is CC1CN(S(=O)(=O)c2ccc(C(=O)Nc3ccc(-c4csc(NC(=O)c5ccc(S(=O)(=O)N6CC(C)OC(C)C6)cc5)n4)cc3)cc2)CC(C)O1. The van der Waals surface area contributed by atoms with E-state index in [-0.39, 0.29) is 65.9 Å². The molecule has 13 nitrogen and oxygen atoms in total. The van der Waals surface area contributed by atoms with Crippen LogP contribution in [0.15, 0.2) is 88.0 Å². The van der Waals surface area contributed by atoms with Gasteiger partial charge in [0.2, 0.25) is 20.0 Å². The van der Waals surface area contributed by atoms with Crippen LogP contribution in [0.25, 0.3) is 11.3 Å². The molecule has 2 aliphatic rings. The van der Waals surface area contributed by atoms with Crippen molar-refractivity contribution in [2.24, 2.45) is 0 Å². The third-order valence-corrected chi connectivity index (χ3v) is 12.9. The number of sulfonamides is 2. The predicted molar refractivity (Wildman–Crippen MR) is 194 cm³/mol. The maximum Gasteiger partial charge on any atom is 0.257 e. The number of aromatic nitrogens is 1. The van der Waals surface area contributed by atoms with Crippen molar-refractivity contribution in [3.05, 3.63) is 89.3 Å². The standard InChI is InChI=1S/C35H39N5O8S3/c1-22-17-39(18-23(2)47-22)50(43,44)30-13-7-27(8-14-30)33(41)36-29-11-5-26(6-12-29)32-21-49-35(37-32)38-34(42)28-9-15-31(16-10-28)51(45,46)40-19-24(3)48-25(4)20-40/h5-16,21-25H,17-20H2,1-4H3,(H,36,41)(H,37,38,42). The Balaban J connectivity index is 1.04. The minimum absolute atomic E-state index is 0.105. The molecule has 16 heteroatoms. The summed E-state index contributed by atoms with van der Waals surface area (Å²) in [5.41, 5.74) is 2.49. The maximum absolute atomic E-state index is 13.1. The summed E-state index contributed by atoms with van der Waals surface area (Å²) in [6.45, 7) is 8.39. The number of hydrogen-bond acceptors (Lipinski definition) is 10. The van der Waals surface area contributed by atoms with Crippen molar-refractivity contribution in [2.45, 2.75) is 61.9 Å². The number of amides is 2. The van der Waals surface area contributed by atoms with Gasteiger partial charge in [-0.25, -0.2) is 21.8 Å². The topological polar surface area (TPSA) is 164 Å². The molecule has 51 heavy (non-hydrogen) atoms. The lowest BCUT2D eigenvalue weighted by molar-refractivity contribution is -0.0442. The second-order valence-electron chi connectivity index (χ2n) is 12.7. The Morgan fingerprint density at radius 1 is 0.647 bits per heavy atom. The summed E-state index contributed by atoms with van der Waals surface area (Å²) < 4.78 is 66.7. The number of rotatable bonds is 9. The van der Waals surface area contributed by atoms with Crippen LogP contribution in [0.4, 0.5) is 10.8 Å². The second-order valence-corrected chi connectivity index (χ2v) is 17.5. The molecule has 4 atom stereocenters. The summed E-state index contributed by atoms with van der Waals surface area (Å²) in [7, 11) is -7.45. The van der Waals surface area contributed by atoms with Crippen LogP contribution in [0.5, 0.6) is 0 Å². The minimum Gasteiger partial charge on any atom is -0.373 e. The van der Waals surface area contributed by atoms with Gasteiger partial charge in [-0.3, -0.25) is 14.9 Å². The van der Waals surface area contributed by atoms with Crippen LogP contribution in [0.1, 0.15) is 48.4 Å². The lowest BCUT2D eigenvalue weighted by Gasteiger charge is -2.34. The zero-order chi connectivity index (χ0) is 36.5. The van der Waals surface area contributed by atoms with Gasteiger partial charge in [0.05, 0.1) is 39.9 Å². The van der Waals surface area contributed by atoms with E-state index in [1.54, 1.807) is 29.6 Å². The highest BCUT2D eigenvalue weighted by atomic mass is 32.2. The van der Waals surface area contributed by atoms with Crippen molar-refractivity contribution in [1.82, 2.24) is 13.6 Å². The van der Waals surface area contributed by atoms with Crippen molar-refractivity contribution >= 4 is 54.0 Å². The van der Waals surface area contributed by atoms with Crippen molar-refractivity contribution in [3.63, 3.8) is 0 Å². The first-order valence-electron chi connectivity index (χ1n) is 16.4. The number of anilines is 2. The molecule has 4 unspecified atom stereocenters. The highest BCUT2D eigenvalue weighted by molar-refractivity contribution is 7.89. The number of hydrogen-bond donors (Lipinski definition) is 2. The molecular formula is C35H39N5O8S3. The first-order chi connectivity index (χ1) is 24.2. The summed E-state index contributed by atoms with van der Waals surface area (Å²) in [6.07, 6.45) is -0.844. The van der Waals surface area contributed by atoms with E-state index in [0.29, 0.717) is 22.1 Å². The Kier molecular flexibility index (Phi) is 10.7. The van der Waals surface area contributed by atoms with E-state index in [9.17, 15) is 26.4 Å². The first-order valence-corrected chi connectivity index (χ1v) is 20.1. The molecule has 2 fully saturated rings. The van der Waals surface area contributed by atoms with E-state index >= 15 is 0 Å². The third kappa shape index (κ3) is 8.38. The lowest BCUT2D eigenvalue weighted by atomic mass is 10.1. The number of nitrogens with one attached hydrogen (secondary N) is 2. The molecule has 0 radical (unpaired) electrons. The summed E-state index contributed by atoms with van der Waals surface area (Å²) in [6, 6.07) is 18.6. The molecule has 0 spiro atoms. The van der Waals surface area contributed by atoms with Crippen molar-refractivity contribution in [3.8, 4) is 11.3 Å². The number of benzene rings is 3. The third-order valence-electron chi connectivity index (χ3n) is 8.44.